The van der Waals surface area contributed by atoms with Gasteiger partial charge in [0.25, 0.3) is 11.5 Å². The van der Waals surface area contributed by atoms with Crippen LogP contribution in [-0.4, -0.2) is 27.1 Å². The molecule has 0 atom stereocenters. The molecule has 0 spiro atoms. The Morgan fingerprint density at radius 3 is 2.79 bits per heavy atom. The van der Waals surface area contributed by atoms with Crippen LogP contribution < -0.4 is 16.6 Å². The number of fused-ring (bicyclic) bond motifs is 1. The van der Waals surface area contributed by atoms with E-state index in [4.69, 9.17) is 5.73 Å². The predicted molar refractivity (Wildman–Crippen MR) is 120 cm³/mol. The number of rotatable bonds is 8. The van der Waals surface area contributed by atoms with Crippen molar-refractivity contribution in [2.75, 3.05) is 11.1 Å². The third-order valence-corrected chi connectivity index (χ3v) is 7.41. The van der Waals surface area contributed by atoms with Crippen LogP contribution in [0.5, 0.6) is 0 Å². The molecule has 0 saturated carbocycles. The van der Waals surface area contributed by atoms with E-state index < -0.39 is 5.91 Å². The first-order valence-electron chi connectivity index (χ1n) is 9.14. The monoisotopic (exact) mass is 450 g/mol. The third-order valence-electron chi connectivity index (χ3n) is 4.51. The van der Waals surface area contributed by atoms with E-state index in [0.717, 1.165) is 23.3 Å². The van der Waals surface area contributed by atoms with E-state index >= 15 is 0 Å². The summed E-state index contributed by atoms with van der Waals surface area (Å²) in [6, 6.07) is 1.58. The minimum Gasteiger partial charge on any atom is -0.366 e. The number of nitrogens with zero attached hydrogens (tertiary/aromatic N) is 2. The average Bonchev–Trinajstić information content (AvgIpc) is 3.24. The van der Waals surface area contributed by atoms with Crippen LogP contribution in [0.25, 0.3) is 10.2 Å². The molecule has 3 rings (SSSR count). The van der Waals surface area contributed by atoms with E-state index in [-0.39, 0.29) is 22.8 Å². The van der Waals surface area contributed by atoms with Gasteiger partial charge in [-0.2, -0.15) is 0 Å². The van der Waals surface area contributed by atoms with Gasteiger partial charge in [0.2, 0.25) is 5.91 Å². The van der Waals surface area contributed by atoms with Crippen molar-refractivity contribution in [3.05, 3.63) is 37.8 Å². The van der Waals surface area contributed by atoms with E-state index in [2.05, 4.69) is 17.2 Å². The number of nitrogens with two attached hydrogens (primary N) is 1. The molecule has 0 aromatic carbocycles. The smallest absolute Gasteiger partial charge is 0.263 e. The fourth-order valence-corrected chi connectivity index (χ4v) is 5.53. The van der Waals surface area contributed by atoms with Crippen molar-refractivity contribution < 1.29 is 9.59 Å². The summed E-state index contributed by atoms with van der Waals surface area (Å²) in [6.45, 7) is 6.55. The molecule has 3 heterocycles. The van der Waals surface area contributed by atoms with Crippen molar-refractivity contribution >= 4 is 61.5 Å². The van der Waals surface area contributed by atoms with Crippen molar-refractivity contribution in [3.63, 3.8) is 0 Å². The number of aromatic nitrogens is 2. The second-order valence-corrected chi connectivity index (χ2v) is 9.59. The van der Waals surface area contributed by atoms with Crippen LogP contribution in [0.3, 0.4) is 0 Å². The number of nitrogens with one attached hydrogen (secondary N) is 1. The fraction of sp³-hybridized carbons (Fsp3) is 0.368. The third kappa shape index (κ3) is 4.54. The maximum Gasteiger partial charge on any atom is 0.263 e. The Bertz CT molecular complexity index is 1130. The molecule has 0 aliphatic carbocycles. The van der Waals surface area contributed by atoms with Crippen LogP contribution in [0.1, 0.15) is 40.6 Å². The predicted octanol–water partition coefficient (Wildman–Crippen LogP) is 3.77. The van der Waals surface area contributed by atoms with Gasteiger partial charge in [0.1, 0.15) is 9.83 Å². The van der Waals surface area contributed by atoms with Gasteiger partial charge < -0.3 is 11.1 Å². The molecule has 154 valence electrons. The van der Waals surface area contributed by atoms with Crippen molar-refractivity contribution in [2.45, 2.75) is 45.3 Å². The number of amides is 2. The standard InChI is InChI=1S/C19H22N4O3S3/c1-4-5-7-23-18(26)14-10(2)11(3)29-17(14)22-19(23)28-9-13(24)21-16-12(15(20)25)6-8-27-16/h6,8H,4-5,7,9H2,1-3H3,(H2,20,25)(H,21,24). The molecule has 7 nitrogen and oxygen atoms in total. The van der Waals surface area contributed by atoms with Crippen LogP contribution in [0.4, 0.5) is 5.00 Å². The molecule has 2 amide bonds. The fourth-order valence-electron chi connectivity index (χ4n) is 2.83. The van der Waals surface area contributed by atoms with Crippen LogP contribution in [0.2, 0.25) is 0 Å². The van der Waals surface area contributed by atoms with Gasteiger partial charge in [-0.25, -0.2) is 4.98 Å². The van der Waals surface area contributed by atoms with Crippen molar-refractivity contribution in [1.29, 1.82) is 0 Å². The van der Waals surface area contributed by atoms with Gasteiger partial charge in [-0.1, -0.05) is 25.1 Å². The largest absolute Gasteiger partial charge is 0.366 e. The highest BCUT2D eigenvalue weighted by molar-refractivity contribution is 7.99. The summed E-state index contributed by atoms with van der Waals surface area (Å²) in [5, 5.41) is 6.05. The molecule has 3 N–H and O–H groups in total. The summed E-state index contributed by atoms with van der Waals surface area (Å²) in [7, 11) is 0. The lowest BCUT2D eigenvalue weighted by Crippen LogP contribution is -2.24. The van der Waals surface area contributed by atoms with Crippen LogP contribution in [0.15, 0.2) is 21.4 Å². The van der Waals surface area contributed by atoms with Gasteiger partial charge in [0, 0.05) is 11.4 Å². The topological polar surface area (TPSA) is 107 Å². The number of hydrogen-bond acceptors (Lipinski definition) is 7. The van der Waals surface area contributed by atoms with Gasteiger partial charge in [-0.05, 0) is 37.3 Å². The zero-order valence-electron chi connectivity index (χ0n) is 16.4. The Hall–Kier alpha value is -2.17. The Balaban J connectivity index is 1.84. The summed E-state index contributed by atoms with van der Waals surface area (Å²) in [5.41, 5.74) is 6.52. The molecule has 0 bridgehead atoms. The minimum absolute atomic E-state index is 0.0533. The molecule has 3 aromatic heterocycles. The van der Waals surface area contributed by atoms with Crippen molar-refractivity contribution in [1.82, 2.24) is 9.55 Å². The normalized spacial score (nSPS) is 11.1. The zero-order valence-corrected chi connectivity index (χ0v) is 18.9. The number of carbonyl (C=O) groups excluding carboxylic acids is 2. The highest BCUT2D eigenvalue weighted by Gasteiger charge is 2.18. The van der Waals surface area contributed by atoms with Gasteiger partial charge >= 0.3 is 0 Å². The molecule has 0 unspecified atom stereocenters. The second kappa shape index (κ2) is 9.10. The molecule has 0 aliphatic rings. The summed E-state index contributed by atoms with van der Waals surface area (Å²) in [5.74, 6) is -0.795. The SMILES string of the molecule is CCCCn1c(SCC(=O)Nc2sccc2C(N)=O)nc2sc(C)c(C)c2c1=O. The number of carbonyl (C=O) groups is 2. The summed E-state index contributed by atoms with van der Waals surface area (Å²) >= 11 is 3.96. The lowest BCUT2D eigenvalue weighted by Gasteiger charge is -2.12. The molecule has 10 heteroatoms. The first kappa shape index (κ1) is 21.5. The number of unbranched alkanes of at least 4 members (excludes halogenated alkanes) is 1. The summed E-state index contributed by atoms with van der Waals surface area (Å²) in [6.07, 6.45) is 1.80. The molecule has 0 radical (unpaired) electrons. The van der Waals surface area contributed by atoms with Gasteiger partial charge in [0.15, 0.2) is 5.16 Å². The van der Waals surface area contributed by atoms with Crippen molar-refractivity contribution in [2.24, 2.45) is 5.73 Å². The first-order valence-corrected chi connectivity index (χ1v) is 11.8. The van der Waals surface area contributed by atoms with Gasteiger partial charge in [0.05, 0.1) is 16.7 Å². The van der Waals surface area contributed by atoms with Crippen LogP contribution >= 0.6 is 34.4 Å². The lowest BCUT2D eigenvalue weighted by molar-refractivity contribution is -0.113. The number of anilines is 1. The van der Waals surface area contributed by atoms with Crippen LogP contribution in [0, 0.1) is 13.8 Å². The molecule has 0 fully saturated rings. The number of primary amides is 1. The van der Waals surface area contributed by atoms with Gasteiger partial charge in [-0.3, -0.25) is 19.0 Å². The Labute approximate surface area is 180 Å². The van der Waals surface area contributed by atoms with Crippen molar-refractivity contribution in [3.8, 4) is 0 Å². The van der Waals surface area contributed by atoms with E-state index in [1.165, 1.54) is 34.4 Å². The number of thioether (sulfide) groups is 1. The first-order chi connectivity index (χ1) is 13.8. The number of thiophene rings is 2. The Morgan fingerprint density at radius 1 is 1.34 bits per heavy atom. The maximum atomic E-state index is 13.1. The summed E-state index contributed by atoms with van der Waals surface area (Å²) < 4.78 is 1.67. The highest BCUT2D eigenvalue weighted by atomic mass is 32.2. The quantitative estimate of drug-likeness (QED) is 0.401. The highest BCUT2D eigenvalue weighted by Crippen LogP contribution is 2.29. The number of aryl methyl sites for hydroxylation is 2. The Kier molecular flexibility index (Phi) is 6.76. The zero-order chi connectivity index (χ0) is 21.1. The minimum atomic E-state index is -0.585. The second-order valence-electron chi connectivity index (χ2n) is 6.53. The molecule has 3 aromatic rings. The Morgan fingerprint density at radius 2 is 2.10 bits per heavy atom. The molecule has 0 aliphatic heterocycles. The van der Waals surface area contributed by atoms with Crippen LogP contribution in [-0.2, 0) is 11.3 Å². The van der Waals surface area contributed by atoms with E-state index in [1.54, 1.807) is 16.0 Å². The summed E-state index contributed by atoms with van der Waals surface area (Å²) in [4.78, 5) is 43.3. The van der Waals surface area contributed by atoms with E-state index in [9.17, 15) is 14.4 Å². The van der Waals surface area contributed by atoms with Gasteiger partial charge in [-0.15, -0.1) is 22.7 Å². The average molecular weight is 451 g/mol. The molecule has 0 saturated heterocycles. The molecular weight excluding hydrogens is 428 g/mol. The maximum absolute atomic E-state index is 13.1. The lowest BCUT2D eigenvalue weighted by atomic mass is 10.2. The van der Waals surface area contributed by atoms with E-state index in [0.29, 0.717) is 26.9 Å². The molecular formula is C19H22N4O3S3. The molecule has 29 heavy (non-hydrogen) atoms. The van der Waals surface area contributed by atoms with E-state index in [1.807, 2.05) is 13.8 Å². The number of hydrogen-bond donors (Lipinski definition) is 2.